The maximum absolute atomic E-state index is 6.14. The molecule has 0 spiro atoms. The summed E-state index contributed by atoms with van der Waals surface area (Å²) in [7, 11) is 0. The van der Waals surface area contributed by atoms with Gasteiger partial charge in [-0.25, -0.2) is 9.99 Å². The molecule has 2 aliphatic carbocycles. The number of nitrogens with two attached hydrogens (primary N) is 1. The summed E-state index contributed by atoms with van der Waals surface area (Å²) in [6.45, 7) is 6.08. The highest BCUT2D eigenvalue weighted by molar-refractivity contribution is 5.84. The van der Waals surface area contributed by atoms with Crippen molar-refractivity contribution in [2.75, 3.05) is 37.0 Å². The predicted octanol–water partition coefficient (Wildman–Crippen LogP) is 5.65. The number of ether oxygens (including phenoxy) is 1. The van der Waals surface area contributed by atoms with Gasteiger partial charge in [-0.05, 0) is 70.1 Å². The lowest BCUT2D eigenvalue weighted by Gasteiger charge is -2.32. The second-order valence-corrected chi connectivity index (χ2v) is 11.9. The quantitative estimate of drug-likeness (QED) is 0.288. The lowest BCUT2D eigenvalue weighted by Crippen LogP contribution is -2.38. The van der Waals surface area contributed by atoms with Crippen LogP contribution in [-0.4, -0.2) is 62.9 Å². The highest BCUT2D eigenvalue weighted by Crippen LogP contribution is 2.34. The van der Waals surface area contributed by atoms with Crippen LogP contribution in [0.2, 0.25) is 0 Å². The molecular formula is C29H50N8O. The van der Waals surface area contributed by atoms with Gasteiger partial charge in [0.25, 0.3) is 0 Å². The largest absolute Gasteiger partial charge is 0.381 e. The SMILES string of the molecule is CCCOCCCCCC1CCN(Nc2nc(N[C@H]3CC[C@H](N)CC3)nc3c2ncn3C2CCCC2)CC1. The van der Waals surface area contributed by atoms with Gasteiger partial charge >= 0.3 is 0 Å². The van der Waals surface area contributed by atoms with Gasteiger partial charge in [-0.2, -0.15) is 9.97 Å². The van der Waals surface area contributed by atoms with E-state index in [-0.39, 0.29) is 0 Å². The van der Waals surface area contributed by atoms with E-state index in [1.54, 1.807) is 0 Å². The zero-order valence-electron chi connectivity index (χ0n) is 23.5. The van der Waals surface area contributed by atoms with E-state index in [9.17, 15) is 0 Å². The molecule has 0 radical (unpaired) electrons. The van der Waals surface area contributed by atoms with E-state index >= 15 is 0 Å². The molecule has 0 bridgehead atoms. The van der Waals surface area contributed by atoms with Crippen molar-refractivity contribution >= 4 is 22.9 Å². The first kappa shape index (κ1) is 27.6. The monoisotopic (exact) mass is 526 g/mol. The van der Waals surface area contributed by atoms with Gasteiger partial charge in [0.1, 0.15) is 0 Å². The standard InChI is InChI=1S/C29H50N8O/c1-2-19-38-20-7-3-4-8-22-15-17-36(18-16-22)35-27-26-28(37(21-31-26)25-9-5-6-10-25)34-29(33-27)32-24-13-11-23(30)12-14-24/h21-25H,2-20,30H2,1H3,(H2,32,33,34,35)/t23-,24-. The summed E-state index contributed by atoms with van der Waals surface area (Å²) in [6.07, 6.45) is 20.0. The van der Waals surface area contributed by atoms with Gasteiger partial charge in [-0.1, -0.05) is 39.0 Å². The Morgan fingerprint density at radius 3 is 2.50 bits per heavy atom. The molecule has 3 heterocycles. The number of imidazole rings is 1. The van der Waals surface area contributed by atoms with Crippen molar-refractivity contribution < 1.29 is 4.74 Å². The average molecular weight is 527 g/mol. The fraction of sp³-hybridized carbons (Fsp3) is 0.828. The van der Waals surface area contributed by atoms with Crippen LogP contribution in [0.1, 0.15) is 109 Å². The number of nitrogens with one attached hydrogen (secondary N) is 2. The number of hydrogen-bond donors (Lipinski definition) is 3. The number of hydrazine groups is 1. The molecule has 9 nitrogen and oxygen atoms in total. The van der Waals surface area contributed by atoms with Crippen LogP contribution in [-0.2, 0) is 4.74 Å². The molecule has 0 aromatic carbocycles. The molecule has 0 unspecified atom stereocenters. The summed E-state index contributed by atoms with van der Waals surface area (Å²) in [5.74, 6) is 2.39. The Hall–Kier alpha value is -1.97. The number of nitrogens with zero attached hydrogens (tertiary/aromatic N) is 5. The molecule has 2 aromatic heterocycles. The summed E-state index contributed by atoms with van der Waals surface area (Å²) in [6, 6.07) is 1.22. The van der Waals surface area contributed by atoms with Crippen LogP contribution < -0.4 is 16.5 Å². The Morgan fingerprint density at radius 2 is 1.74 bits per heavy atom. The third-order valence-electron chi connectivity index (χ3n) is 8.87. The van der Waals surface area contributed by atoms with E-state index in [1.807, 2.05) is 6.33 Å². The Morgan fingerprint density at radius 1 is 0.947 bits per heavy atom. The third kappa shape index (κ3) is 7.36. The normalized spacial score (nSPS) is 23.8. The smallest absolute Gasteiger partial charge is 0.227 e. The number of piperidine rings is 1. The Kier molecular flexibility index (Phi) is 10.1. The molecule has 2 saturated carbocycles. The fourth-order valence-corrected chi connectivity index (χ4v) is 6.50. The van der Waals surface area contributed by atoms with E-state index < -0.39 is 0 Å². The van der Waals surface area contributed by atoms with Crippen LogP contribution in [0.3, 0.4) is 0 Å². The van der Waals surface area contributed by atoms with E-state index in [0.29, 0.717) is 18.1 Å². The lowest BCUT2D eigenvalue weighted by molar-refractivity contribution is 0.129. The van der Waals surface area contributed by atoms with Crippen LogP contribution in [0.15, 0.2) is 6.33 Å². The molecule has 4 N–H and O–H groups in total. The predicted molar refractivity (Wildman–Crippen MR) is 154 cm³/mol. The van der Waals surface area contributed by atoms with Gasteiger partial charge < -0.3 is 25.8 Å². The topological polar surface area (TPSA) is 106 Å². The molecule has 9 heteroatoms. The summed E-state index contributed by atoms with van der Waals surface area (Å²) < 4.78 is 7.92. The molecule has 3 aliphatic rings. The van der Waals surface area contributed by atoms with Crippen molar-refractivity contribution in [1.82, 2.24) is 24.5 Å². The summed E-state index contributed by atoms with van der Waals surface area (Å²) in [5, 5.41) is 5.99. The second-order valence-electron chi connectivity index (χ2n) is 11.9. The Bertz CT molecular complexity index is 974. The first-order valence-electron chi connectivity index (χ1n) is 15.6. The van der Waals surface area contributed by atoms with Gasteiger partial charge in [0.05, 0.1) is 6.33 Å². The van der Waals surface area contributed by atoms with Crippen molar-refractivity contribution in [3.8, 4) is 0 Å². The van der Waals surface area contributed by atoms with Crippen LogP contribution in [0, 0.1) is 5.92 Å². The van der Waals surface area contributed by atoms with Crippen LogP contribution in [0.4, 0.5) is 11.8 Å². The van der Waals surface area contributed by atoms with E-state index in [0.717, 1.165) is 87.3 Å². The van der Waals surface area contributed by atoms with E-state index in [2.05, 4.69) is 27.2 Å². The molecule has 0 atom stereocenters. The highest BCUT2D eigenvalue weighted by atomic mass is 16.5. The Labute approximate surface area is 228 Å². The molecule has 3 fully saturated rings. The molecule has 1 saturated heterocycles. The zero-order valence-corrected chi connectivity index (χ0v) is 23.5. The van der Waals surface area contributed by atoms with Gasteiger partial charge in [-0.3, -0.25) is 0 Å². The molecule has 38 heavy (non-hydrogen) atoms. The average Bonchev–Trinajstić information content (AvgIpc) is 3.61. The Balaban J connectivity index is 1.19. The van der Waals surface area contributed by atoms with Crippen LogP contribution in [0.25, 0.3) is 11.2 Å². The first-order valence-corrected chi connectivity index (χ1v) is 15.6. The molecule has 2 aromatic rings. The zero-order chi connectivity index (χ0) is 26.2. The third-order valence-corrected chi connectivity index (χ3v) is 8.87. The number of rotatable bonds is 13. The van der Waals surface area contributed by atoms with Crippen molar-refractivity contribution in [1.29, 1.82) is 0 Å². The number of anilines is 2. The summed E-state index contributed by atoms with van der Waals surface area (Å²) in [4.78, 5) is 14.8. The highest BCUT2D eigenvalue weighted by Gasteiger charge is 2.25. The van der Waals surface area contributed by atoms with Crippen LogP contribution in [0.5, 0.6) is 0 Å². The summed E-state index contributed by atoms with van der Waals surface area (Å²) in [5.41, 5.74) is 11.7. The van der Waals surface area contributed by atoms with Crippen LogP contribution >= 0.6 is 0 Å². The number of unbranched alkanes of at least 4 members (excludes halogenated alkanes) is 2. The molecule has 212 valence electrons. The van der Waals surface area contributed by atoms with Crippen molar-refractivity contribution in [3.05, 3.63) is 6.33 Å². The molecule has 5 rings (SSSR count). The minimum Gasteiger partial charge on any atom is -0.381 e. The van der Waals surface area contributed by atoms with Crippen molar-refractivity contribution in [2.24, 2.45) is 11.7 Å². The van der Waals surface area contributed by atoms with Gasteiger partial charge in [-0.15, -0.1) is 0 Å². The minimum absolute atomic E-state index is 0.334. The van der Waals surface area contributed by atoms with Gasteiger partial charge in [0.15, 0.2) is 17.0 Å². The first-order chi connectivity index (χ1) is 18.7. The molecule has 1 aliphatic heterocycles. The second kappa shape index (κ2) is 13.9. The lowest BCUT2D eigenvalue weighted by atomic mass is 9.92. The van der Waals surface area contributed by atoms with E-state index in [4.69, 9.17) is 25.4 Å². The van der Waals surface area contributed by atoms with Crippen molar-refractivity contribution in [3.63, 3.8) is 0 Å². The van der Waals surface area contributed by atoms with Gasteiger partial charge in [0, 0.05) is 44.4 Å². The maximum atomic E-state index is 6.14. The molecular weight excluding hydrogens is 476 g/mol. The van der Waals surface area contributed by atoms with Crippen molar-refractivity contribution in [2.45, 2.75) is 121 Å². The number of aromatic nitrogens is 4. The fourth-order valence-electron chi connectivity index (χ4n) is 6.50. The number of hydrogen-bond acceptors (Lipinski definition) is 8. The molecule has 0 amide bonds. The van der Waals surface area contributed by atoms with Gasteiger partial charge in [0.2, 0.25) is 5.95 Å². The summed E-state index contributed by atoms with van der Waals surface area (Å²) >= 11 is 0. The van der Waals surface area contributed by atoms with E-state index in [1.165, 1.54) is 64.2 Å². The maximum Gasteiger partial charge on any atom is 0.227 e. The minimum atomic E-state index is 0.334. The number of fused-ring (bicyclic) bond motifs is 1.